The van der Waals surface area contributed by atoms with E-state index in [1.54, 1.807) is 6.92 Å². The van der Waals surface area contributed by atoms with Crippen LogP contribution < -0.4 is 11.5 Å². The lowest BCUT2D eigenvalue weighted by molar-refractivity contribution is -0.320. The van der Waals surface area contributed by atoms with Crippen molar-refractivity contribution < 1.29 is 24.7 Å². The molecule has 0 bridgehead atoms. The van der Waals surface area contributed by atoms with Gasteiger partial charge in [0.2, 0.25) is 0 Å². The van der Waals surface area contributed by atoms with Crippen molar-refractivity contribution in [3.8, 4) is 0 Å². The quantitative estimate of drug-likeness (QED) is 0.342. The van der Waals surface area contributed by atoms with Crippen LogP contribution in [0.3, 0.4) is 0 Å². The third kappa shape index (κ3) is 9.66. The first-order valence-electron chi connectivity index (χ1n) is 3.02. The Hall–Kier alpha value is -0.340. The number of hydrogen-bond donors (Lipinski definition) is 5. The number of hydrogen-bond acceptors (Lipinski definition) is 5. The van der Waals surface area contributed by atoms with Gasteiger partial charge < -0.3 is 26.8 Å². The monoisotopic (exact) mass is 190 g/mol. The summed E-state index contributed by atoms with van der Waals surface area (Å²) in [6.45, 7) is 1.69. The van der Waals surface area contributed by atoms with Crippen molar-refractivity contribution in [2.45, 2.75) is 31.4 Å². The molecule has 0 fully saturated rings. The van der Waals surface area contributed by atoms with E-state index in [0.29, 0.717) is 6.42 Å². The van der Waals surface area contributed by atoms with Crippen LogP contribution in [0.2, 0.25) is 0 Å². The van der Waals surface area contributed by atoms with Gasteiger partial charge in [-0.1, -0.05) is 6.92 Å². The lowest BCUT2D eigenvalue weighted by Gasteiger charge is -2.27. The molecule has 78 valence electrons. The molecule has 7 heteroatoms. The van der Waals surface area contributed by atoms with Crippen molar-refractivity contribution in [1.82, 2.24) is 0 Å². The molecule has 7 N–H and O–H groups in total. The van der Waals surface area contributed by atoms with Gasteiger partial charge in [-0.3, -0.25) is 9.41 Å². The molecule has 0 amide bonds. The summed E-state index contributed by atoms with van der Waals surface area (Å²) < 4.78 is 0. The molecule has 0 spiro atoms. The predicted octanol–water partition coefficient (Wildman–Crippen LogP) is -1.66. The van der Waals surface area contributed by atoms with Gasteiger partial charge in [-0.2, -0.15) is 0 Å². The molecule has 0 radical (unpaired) electrons. The van der Waals surface area contributed by atoms with Crippen molar-refractivity contribution in [1.29, 1.82) is 0 Å². The van der Waals surface area contributed by atoms with Crippen LogP contribution in [-0.2, 0) is 0 Å². The molecule has 5 nitrogen and oxygen atoms in total. The molecular formula is C5H16F2N2O3. The number of halogens is 2. The molecule has 0 rings (SSSR count). The van der Waals surface area contributed by atoms with E-state index in [1.165, 1.54) is 0 Å². The molecule has 0 unspecified atom stereocenters. The van der Waals surface area contributed by atoms with Gasteiger partial charge >= 0.3 is 0 Å². The van der Waals surface area contributed by atoms with Crippen LogP contribution in [0.5, 0.6) is 0 Å². The lowest BCUT2D eigenvalue weighted by Crippen LogP contribution is -2.54. The summed E-state index contributed by atoms with van der Waals surface area (Å²) in [7, 11) is 0. The standard InChI is InChI=1S/C5H14N2O3.2FH/c1-2-4(6,7)3-5(8,9)10;;/h8-10H,2-3,6-7H2,1H3;2*1H. The Balaban J connectivity index is -0.000000405. The third-order valence-corrected chi connectivity index (χ3v) is 1.22. The lowest BCUT2D eigenvalue weighted by atomic mass is 10.0. The molecule has 0 aliphatic carbocycles. The van der Waals surface area contributed by atoms with E-state index >= 15 is 0 Å². The first-order chi connectivity index (χ1) is 4.27. The van der Waals surface area contributed by atoms with E-state index in [0.717, 1.165) is 0 Å². The maximum atomic E-state index is 8.44. The zero-order chi connectivity index (χ0) is 8.41. The largest absolute Gasteiger partial charge is 0.344 e. The minimum atomic E-state index is -2.76. The van der Waals surface area contributed by atoms with Gasteiger partial charge in [0, 0.05) is 0 Å². The molecule has 0 atom stereocenters. The molecule has 12 heavy (non-hydrogen) atoms. The van der Waals surface area contributed by atoms with Gasteiger partial charge in [0.25, 0.3) is 5.97 Å². The summed E-state index contributed by atoms with van der Waals surface area (Å²) in [5, 5.41) is 25.3. The average Bonchev–Trinajstić information content (AvgIpc) is 1.60. The number of aliphatic hydroxyl groups is 3. The van der Waals surface area contributed by atoms with Gasteiger partial charge in [-0.05, 0) is 6.42 Å². The highest BCUT2D eigenvalue weighted by atomic mass is 19.0. The van der Waals surface area contributed by atoms with Gasteiger partial charge in [0.15, 0.2) is 0 Å². The highest BCUT2D eigenvalue weighted by Gasteiger charge is 2.29. The molecule has 0 aromatic carbocycles. The zero-order valence-electron chi connectivity index (χ0n) is 6.73. The minimum absolute atomic E-state index is 0. The van der Waals surface area contributed by atoms with E-state index < -0.39 is 18.1 Å². The molecular weight excluding hydrogens is 174 g/mol. The van der Waals surface area contributed by atoms with Crippen molar-refractivity contribution in [3.05, 3.63) is 0 Å². The minimum Gasteiger partial charge on any atom is -0.344 e. The fourth-order valence-electron chi connectivity index (χ4n) is 0.567. The Labute approximate surface area is 68.7 Å². The number of rotatable bonds is 3. The highest BCUT2D eigenvalue weighted by molar-refractivity contribution is 4.77. The van der Waals surface area contributed by atoms with E-state index in [4.69, 9.17) is 26.8 Å². The highest BCUT2D eigenvalue weighted by Crippen LogP contribution is 2.11. The molecule has 0 saturated carbocycles. The second-order valence-electron chi connectivity index (χ2n) is 2.54. The van der Waals surface area contributed by atoms with Crippen molar-refractivity contribution >= 4 is 0 Å². The first kappa shape index (κ1) is 17.7. The summed E-state index contributed by atoms with van der Waals surface area (Å²) >= 11 is 0. The predicted molar refractivity (Wildman–Crippen MR) is 40.4 cm³/mol. The second-order valence-corrected chi connectivity index (χ2v) is 2.54. The van der Waals surface area contributed by atoms with Crippen LogP contribution in [0.4, 0.5) is 9.41 Å². The van der Waals surface area contributed by atoms with Crippen LogP contribution >= 0.6 is 0 Å². The SMILES string of the molecule is CCC(N)(N)CC(O)(O)O.F.F. The smallest absolute Gasteiger partial charge is 0.278 e. The van der Waals surface area contributed by atoms with E-state index in [2.05, 4.69) is 0 Å². The molecule has 0 heterocycles. The fourth-order valence-corrected chi connectivity index (χ4v) is 0.567. The molecule has 0 saturated heterocycles. The normalized spacial score (nSPS) is 11.5. The maximum Gasteiger partial charge on any atom is 0.278 e. The number of nitrogens with two attached hydrogens (primary N) is 2. The molecule has 0 aliphatic rings. The topological polar surface area (TPSA) is 113 Å². The van der Waals surface area contributed by atoms with Crippen LogP contribution in [0.15, 0.2) is 0 Å². The van der Waals surface area contributed by atoms with Crippen LogP contribution in [0.1, 0.15) is 19.8 Å². The van der Waals surface area contributed by atoms with Crippen molar-refractivity contribution in [2.75, 3.05) is 0 Å². The van der Waals surface area contributed by atoms with E-state index in [9.17, 15) is 0 Å². The Morgan fingerprint density at radius 1 is 1.08 bits per heavy atom. The second kappa shape index (κ2) is 5.33. The summed E-state index contributed by atoms with van der Waals surface area (Å²) in [6, 6.07) is 0. The maximum absolute atomic E-state index is 8.44. The van der Waals surface area contributed by atoms with Gasteiger partial charge in [0.05, 0.1) is 12.1 Å². The average molecular weight is 190 g/mol. The molecule has 0 aromatic heterocycles. The van der Waals surface area contributed by atoms with E-state index in [1.807, 2.05) is 0 Å². The summed E-state index contributed by atoms with van der Waals surface area (Å²) in [5.74, 6) is -2.76. The summed E-state index contributed by atoms with van der Waals surface area (Å²) in [4.78, 5) is 0. The Morgan fingerprint density at radius 3 is 1.50 bits per heavy atom. The van der Waals surface area contributed by atoms with Gasteiger partial charge in [0.1, 0.15) is 0 Å². The summed E-state index contributed by atoms with van der Waals surface area (Å²) in [5.41, 5.74) is 9.38. The fraction of sp³-hybridized carbons (Fsp3) is 1.00. The van der Waals surface area contributed by atoms with E-state index in [-0.39, 0.29) is 9.41 Å². The van der Waals surface area contributed by atoms with Gasteiger partial charge in [-0.25, -0.2) is 0 Å². The zero-order valence-corrected chi connectivity index (χ0v) is 6.73. The van der Waals surface area contributed by atoms with Crippen molar-refractivity contribution in [2.24, 2.45) is 11.5 Å². The van der Waals surface area contributed by atoms with Crippen molar-refractivity contribution in [3.63, 3.8) is 0 Å². The van der Waals surface area contributed by atoms with Gasteiger partial charge in [-0.15, -0.1) is 0 Å². The molecule has 0 aromatic rings. The third-order valence-electron chi connectivity index (χ3n) is 1.22. The Kier molecular flexibility index (Phi) is 7.85. The van der Waals surface area contributed by atoms with Crippen LogP contribution in [0, 0.1) is 0 Å². The Bertz CT molecular complexity index is 116. The molecule has 0 aliphatic heterocycles. The Morgan fingerprint density at radius 2 is 1.42 bits per heavy atom. The first-order valence-corrected chi connectivity index (χ1v) is 3.02. The summed E-state index contributed by atoms with van der Waals surface area (Å²) in [6.07, 6.45) is -0.104. The van der Waals surface area contributed by atoms with Crippen LogP contribution in [0.25, 0.3) is 0 Å². The van der Waals surface area contributed by atoms with Crippen LogP contribution in [-0.4, -0.2) is 27.0 Å².